The van der Waals surface area contributed by atoms with Gasteiger partial charge in [0.05, 0.1) is 9.92 Å². The number of carbonyl (C=O) groups is 1. The third-order valence-corrected chi connectivity index (χ3v) is 7.10. The lowest BCUT2D eigenvalue weighted by Crippen LogP contribution is -2.46. The zero-order valence-corrected chi connectivity index (χ0v) is 17.3. The minimum atomic E-state index is -3.55. The summed E-state index contributed by atoms with van der Waals surface area (Å²) in [5.41, 5.74) is 0.787. The van der Waals surface area contributed by atoms with E-state index in [4.69, 9.17) is 21.1 Å². The molecule has 1 N–H and O–H groups in total. The summed E-state index contributed by atoms with van der Waals surface area (Å²) < 4.78 is 37.5. The van der Waals surface area contributed by atoms with Crippen molar-refractivity contribution in [3.8, 4) is 11.5 Å². The molecule has 154 valence electrons. The van der Waals surface area contributed by atoms with Crippen LogP contribution in [0.1, 0.15) is 10.4 Å². The Hall–Kier alpha value is -2.33. The molecule has 0 spiro atoms. The largest absolute Gasteiger partial charge is 0.454 e. The Bertz CT molecular complexity index is 1030. The molecule has 2 aromatic carbocycles. The Morgan fingerprint density at radius 3 is 2.45 bits per heavy atom. The highest BCUT2D eigenvalue weighted by atomic mass is 35.5. The molecule has 0 aliphatic carbocycles. The number of ether oxygens (including phenoxy) is 2. The molecule has 1 saturated heterocycles. The number of benzene rings is 2. The average molecular weight is 438 g/mol. The molecule has 2 aliphatic rings. The lowest BCUT2D eigenvalue weighted by Gasteiger charge is -2.31. The van der Waals surface area contributed by atoms with Crippen LogP contribution in [-0.2, 0) is 10.0 Å². The van der Waals surface area contributed by atoms with Crippen molar-refractivity contribution in [2.24, 2.45) is 0 Å². The molecule has 10 heteroatoms. The van der Waals surface area contributed by atoms with E-state index in [0.717, 1.165) is 0 Å². The highest BCUT2D eigenvalue weighted by Gasteiger charge is 2.27. The van der Waals surface area contributed by atoms with Crippen LogP contribution in [0.5, 0.6) is 11.5 Å². The zero-order valence-electron chi connectivity index (χ0n) is 15.7. The number of sulfonamides is 1. The number of piperazine rings is 1. The molecule has 1 fully saturated rings. The van der Waals surface area contributed by atoms with Crippen LogP contribution in [0.25, 0.3) is 0 Å². The number of anilines is 1. The van der Waals surface area contributed by atoms with Crippen molar-refractivity contribution in [3.63, 3.8) is 0 Å². The second kappa shape index (κ2) is 7.83. The molecule has 0 bridgehead atoms. The highest BCUT2D eigenvalue weighted by molar-refractivity contribution is 7.89. The van der Waals surface area contributed by atoms with E-state index in [0.29, 0.717) is 54.0 Å². The number of carbonyl (C=O) groups excluding carboxylic acids is 1. The summed E-state index contributed by atoms with van der Waals surface area (Å²) in [6.45, 7) is 2.38. The SMILES string of the molecule is CN1CCN(S(=O)(=O)c2ccc(NC(=O)c3cc(Cl)c4c(c3)OCO4)cc2)CC1. The maximum absolute atomic E-state index is 12.8. The predicted molar refractivity (Wildman–Crippen MR) is 108 cm³/mol. The van der Waals surface area contributed by atoms with Gasteiger partial charge in [0, 0.05) is 37.4 Å². The average Bonchev–Trinajstić information content (AvgIpc) is 3.18. The van der Waals surface area contributed by atoms with Crippen molar-refractivity contribution < 1.29 is 22.7 Å². The molecule has 0 aromatic heterocycles. The van der Waals surface area contributed by atoms with E-state index in [-0.39, 0.29) is 17.6 Å². The Kier molecular flexibility index (Phi) is 5.39. The van der Waals surface area contributed by atoms with Gasteiger partial charge in [-0.15, -0.1) is 0 Å². The smallest absolute Gasteiger partial charge is 0.255 e. The fourth-order valence-corrected chi connectivity index (χ4v) is 4.88. The molecule has 8 nitrogen and oxygen atoms in total. The van der Waals surface area contributed by atoms with Crippen LogP contribution in [-0.4, -0.2) is 63.5 Å². The monoisotopic (exact) mass is 437 g/mol. The lowest BCUT2D eigenvalue weighted by atomic mass is 10.2. The van der Waals surface area contributed by atoms with Crippen molar-refractivity contribution in [2.75, 3.05) is 45.3 Å². The first kappa shape index (κ1) is 20.0. The number of nitrogens with zero attached hydrogens (tertiary/aromatic N) is 2. The summed E-state index contributed by atoms with van der Waals surface area (Å²) in [6, 6.07) is 9.17. The molecule has 1 amide bonds. The van der Waals surface area contributed by atoms with Crippen LogP contribution < -0.4 is 14.8 Å². The van der Waals surface area contributed by atoms with E-state index in [9.17, 15) is 13.2 Å². The van der Waals surface area contributed by atoms with Crippen LogP contribution in [0.15, 0.2) is 41.3 Å². The van der Waals surface area contributed by atoms with Crippen molar-refractivity contribution in [1.29, 1.82) is 0 Å². The minimum Gasteiger partial charge on any atom is -0.454 e. The van der Waals surface area contributed by atoms with Crippen LogP contribution >= 0.6 is 11.6 Å². The zero-order chi connectivity index (χ0) is 20.6. The summed E-state index contributed by atoms with van der Waals surface area (Å²) in [6.07, 6.45) is 0. The van der Waals surface area contributed by atoms with Crippen molar-refractivity contribution in [3.05, 3.63) is 47.0 Å². The van der Waals surface area contributed by atoms with Crippen molar-refractivity contribution in [2.45, 2.75) is 4.90 Å². The fourth-order valence-electron chi connectivity index (χ4n) is 3.19. The van der Waals surface area contributed by atoms with Crippen LogP contribution in [0, 0.1) is 0 Å². The normalized spacial score (nSPS) is 17.3. The Labute approximate surface area is 174 Å². The molecule has 0 atom stereocenters. The topological polar surface area (TPSA) is 88.2 Å². The number of amides is 1. The third kappa shape index (κ3) is 4.04. The maximum Gasteiger partial charge on any atom is 0.255 e. The molecule has 29 heavy (non-hydrogen) atoms. The molecule has 0 saturated carbocycles. The molecule has 2 heterocycles. The van der Waals surface area contributed by atoms with Crippen molar-refractivity contribution in [1.82, 2.24) is 9.21 Å². The van der Waals surface area contributed by atoms with Gasteiger partial charge in [0.2, 0.25) is 16.8 Å². The number of halogens is 1. The number of fused-ring (bicyclic) bond motifs is 1. The Morgan fingerprint density at radius 1 is 1.07 bits per heavy atom. The molecular formula is C19H20ClN3O5S. The standard InChI is InChI=1S/C19H20ClN3O5S/c1-22-6-8-23(9-7-22)29(25,26)15-4-2-14(3-5-15)21-19(24)13-10-16(20)18-17(11-13)27-12-28-18/h2-5,10-11H,6-9,12H2,1H3,(H,21,24). The number of rotatable bonds is 4. The first-order valence-electron chi connectivity index (χ1n) is 9.04. The van der Waals surface area contributed by atoms with Gasteiger partial charge in [0.1, 0.15) is 0 Å². The van der Waals surface area contributed by atoms with Gasteiger partial charge in [0.25, 0.3) is 5.91 Å². The van der Waals surface area contributed by atoms with E-state index in [1.807, 2.05) is 7.05 Å². The quantitative estimate of drug-likeness (QED) is 0.789. The third-order valence-electron chi connectivity index (χ3n) is 4.90. The van der Waals surface area contributed by atoms with Gasteiger partial charge < -0.3 is 19.7 Å². The highest BCUT2D eigenvalue weighted by Crippen LogP contribution is 2.39. The molecule has 2 aromatic rings. The van der Waals surface area contributed by atoms with E-state index in [1.165, 1.54) is 22.5 Å². The number of nitrogens with one attached hydrogen (secondary N) is 1. The number of hydrogen-bond acceptors (Lipinski definition) is 6. The van der Waals surface area contributed by atoms with Crippen LogP contribution in [0.3, 0.4) is 0 Å². The van der Waals surface area contributed by atoms with Crippen LogP contribution in [0.2, 0.25) is 5.02 Å². The molecule has 0 radical (unpaired) electrons. The minimum absolute atomic E-state index is 0.0589. The molecular weight excluding hydrogens is 418 g/mol. The van der Waals surface area contributed by atoms with E-state index in [2.05, 4.69) is 10.2 Å². The van der Waals surface area contributed by atoms with E-state index >= 15 is 0 Å². The molecule has 4 rings (SSSR count). The number of likely N-dealkylation sites (N-methyl/N-ethyl adjacent to an activating group) is 1. The van der Waals surface area contributed by atoms with Gasteiger partial charge in [-0.2, -0.15) is 4.31 Å². The first-order valence-corrected chi connectivity index (χ1v) is 10.9. The van der Waals surface area contributed by atoms with Crippen LogP contribution in [0.4, 0.5) is 5.69 Å². The van der Waals surface area contributed by atoms with Gasteiger partial charge in [0.15, 0.2) is 11.5 Å². The van der Waals surface area contributed by atoms with Gasteiger partial charge >= 0.3 is 0 Å². The van der Waals surface area contributed by atoms with Gasteiger partial charge in [-0.1, -0.05) is 11.6 Å². The van der Waals surface area contributed by atoms with Crippen molar-refractivity contribution >= 4 is 33.2 Å². The second-order valence-corrected chi connectivity index (χ2v) is 9.22. The lowest BCUT2D eigenvalue weighted by molar-refractivity contribution is 0.102. The summed E-state index contributed by atoms with van der Waals surface area (Å²) in [5, 5.41) is 3.02. The van der Waals surface area contributed by atoms with Gasteiger partial charge in [-0.05, 0) is 43.4 Å². The first-order chi connectivity index (χ1) is 13.8. The summed E-state index contributed by atoms with van der Waals surface area (Å²) in [7, 11) is -1.58. The van der Waals surface area contributed by atoms with E-state index < -0.39 is 10.0 Å². The second-order valence-electron chi connectivity index (χ2n) is 6.88. The predicted octanol–water partition coefficient (Wildman–Crippen LogP) is 2.26. The van der Waals surface area contributed by atoms with Gasteiger partial charge in [-0.25, -0.2) is 8.42 Å². The molecule has 2 aliphatic heterocycles. The maximum atomic E-state index is 12.8. The summed E-state index contributed by atoms with van der Waals surface area (Å²) in [4.78, 5) is 14.8. The molecule has 0 unspecified atom stereocenters. The summed E-state index contributed by atoms with van der Waals surface area (Å²) >= 11 is 6.12. The Morgan fingerprint density at radius 2 is 1.76 bits per heavy atom. The van der Waals surface area contributed by atoms with Gasteiger partial charge in [-0.3, -0.25) is 4.79 Å². The van der Waals surface area contributed by atoms with E-state index in [1.54, 1.807) is 18.2 Å². The fraction of sp³-hybridized carbons (Fsp3) is 0.316. The number of hydrogen-bond donors (Lipinski definition) is 1. The summed E-state index contributed by atoms with van der Waals surface area (Å²) in [5.74, 6) is 0.442. The Balaban J connectivity index is 1.47.